The Morgan fingerprint density at radius 2 is 2.14 bits per heavy atom. The number of nitrogens with zero attached hydrogens (tertiary/aromatic N) is 3. The molecule has 2 heterocycles. The number of carbonyl (C=O) groups is 1. The Balaban J connectivity index is 2.25. The van der Waals surface area contributed by atoms with E-state index in [4.69, 9.17) is 4.74 Å². The Kier molecular flexibility index (Phi) is 4.82. The van der Waals surface area contributed by atoms with Gasteiger partial charge in [-0.1, -0.05) is 11.3 Å². The molecule has 0 aliphatic heterocycles. The van der Waals surface area contributed by atoms with Gasteiger partial charge in [0.1, 0.15) is 19.3 Å². The standard InChI is InChI=1S/C14H16IN3O2S/c1-14(2,3)20-13(19)18(4)12-10(15)17-11(21-12)9-6-5-7-16-8-9/h5-8H,1-4H3. The summed E-state index contributed by atoms with van der Waals surface area (Å²) in [5.74, 6) is 0. The third kappa shape index (κ3) is 4.13. The van der Waals surface area contributed by atoms with E-state index in [2.05, 4.69) is 32.6 Å². The minimum absolute atomic E-state index is 0.387. The molecule has 0 fully saturated rings. The lowest BCUT2D eigenvalue weighted by Gasteiger charge is -2.23. The quantitative estimate of drug-likeness (QED) is 0.688. The minimum Gasteiger partial charge on any atom is -0.443 e. The Hall–Kier alpha value is -1.22. The van der Waals surface area contributed by atoms with E-state index in [0.717, 1.165) is 19.3 Å². The highest BCUT2D eigenvalue weighted by atomic mass is 127. The smallest absolute Gasteiger partial charge is 0.415 e. The second-order valence-corrected chi connectivity index (χ2v) is 7.40. The van der Waals surface area contributed by atoms with Crippen molar-refractivity contribution in [2.75, 3.05) is 11.9 Å². The fourth-order valence-corrected chi connectivity index (χ4v) is 3.52. The summed E-state index contributed by atoms with van der Waals surface area (Å²) in [4.78, 5) is 22.2. The molecule has 1 amide bonds. The van der Waals surface area contributed by atoms with Crippen LogP contribution in [-0.4, -0.2) is 28.7 Å². The van der Waals surface area contributed by atoms with Gasteiger partial charge in [-0.3, -0.25) is 9.88 Å². The van der Waals surface area contributed by atoms with E-state index in [1.165, 1.54) is 16.2 Å². The van der Waals surface area contributed by atoms with Crippen molar-refractivity contribution < 1.29 is 9.53 Å². The molecule has 7 heteroatoms. The van der Waals surface area contributed by atoms with E-state index >= 15 is 0 Å². The van der Waals surface area contributed by atoms with E-state index in [-0.39, 0.29) is 6.09 Å². The van der Waals surface area contributed by atoms with Gasteiger partial charge in [0.25, 0.3) is 0 Å². The number of anilines is 1. The number of thiazole rings is 1. The predicted octanol–water partition coefficient (Wildman–Crippen LogP) is 4.18. The van der Waals surface area contributed by atoms with Gasteiger partial charge in [0.15, 0.2) is 0 Å². The first kappa shape index (κ1) is 16.2. The van der Waals surface area contributed by atoms with Crippen LogP contribution in [0.25, 0.3) is 10.6 Å². The van der Waals surface area contributed by atoms with Gasteiger partial charge in [0, 0.05) is 25.0 Å². The Morgan fingerprint density at radius 3 is 2.71 bits per heavy atom. The van der Waals surface area contributed by atoms with Crippen molar-refractivity contribution in [2.24, 2.45) is 0 Å². The molecule has 0 saturated carbocycles. The molecule has 0 bridgehead atoms. The summed E-state index contributed by atoms with van der Waals surface area (Å²) in [5.41, 5.74) is 0.414. The summed E-state index contributed by atoms with van der Waals surface area (Å²) in [5, 5.41) is 1.60. The monoisotopic (exact) mass is 417 g/mol. The van der Waals surface area contributed by atoms with Gasteiger partial charge in [0.05, 0.1) is 0 Å². The Bertz CT molecular complexity index is 637. The lowest BCUT2D eigenvalue weighted by molar-refractivity contribution is 0.0590. The summed E-state index contributed by atoms with van der Waals surface area (Å²) in [6, 6.07) is 3.81. The lowest BCUT2D eigenvalue weighted by atomic mass is 10.2. The minimum atomic E-state index is -0.520. The summed E-state index contributed by atoms with van der Waals surface area (Å²) < 4.78 is 6.14. The van der Waals surface area contributed by atoms with Crippen LogP contribution in [0.3, 0.4) is 0 Å². The van der Waals surface area contributed by atoms with Crippen LogP contribution in [0.2, 0.25) is 0 Å². The van der Waals surface area contributed by atoms with Crippen molar-refractivity contribution in [2.45, 2.75) is 26.4 Å². The SMILES string of the molecule is CN(C(=O)OC(C)(C)C)c1sc(-c2cccnc2)nc1I. The highest BCUT2D eigenvalue weighted by Gasteiger charge is 2.24. The van der Waals surface area contributed by atoms with Crippen molar-refractivity contribution in [3.63, 3.8) is 0 Å². The van der Waals surface area contributed by atoms with Gasteiger partial charge >= 0.3 is 6.09 Å². The zero-order valence-corrected chi connectivity index (χ0v) is 15.2. The van der Waals surface area contributed by atoms with Gasteiger partial charge in [-0.15, -0.1) is 0 Å². The number of carbonyl (C=O) groups excluding carboxylic acids is 1. The number of hydrogen-bond donors (Lipinski definition) is 0. The third-order valence-corrected chi connectivity index (χ3v) is 4.75. The van der Waals surface area contributed by atoms with Crippen molar-refractivity contribution in [1.82, 2.24) is 9.97 Å². The molecule has 112 valence electrons. The van der Waals surface area contributed by atoms with Crippen LogP contribution in [0.4, 0.5) is 9.80 Å². The first-order chi connectivity index (χ1) is 9.78. The van der Waals surface area contributed by atoms with Crippen LogP contribution in [0, 0.1) is 3.70 Å². The largest absolute Gasteiger partial charge is 0.443 e. The molecule has 2 aromatic rings. The van der Waals surface area contributed by atoms with Crippen LogP contribution >= 0.6 is 33.9 Å². The first-order valence-corrected chi connectivity index (χ1v) is 8.21. The van der Waals surface area contributed by atoms with Gasteiger partial charge in [-0.05, 0) is 55.5 Å². The number of pyridine rings is 1. The van der Waals surface area contributed by atoms with Crippen molar-refractivity contribution in [1.29, 1.82) is 0 Å². The first-order valence-electron chi connectivity index (χ1n) is 6.31. The van der Waals surface area contributed by atoms with Crippen LogP contribution in [-0.2, 0) is 4.74 Å². The Morgan fingerprint density at radius 1 is 1.43 bits per heavy atom. The topological polar surface area (TPSA) is 55.3 Å². The van der Waals surface area contributed by atoms with Gasteiger partial charge in [-0.25, -0.2) is 9.78 Å². The number of ether oxygens (including phenoxy) is 1. The van der Waals surface area contributed by atoms with Crippen molar-refractivity contribution >= 4 is 45.0 Å². The highest BCUT2D eigenvalue weighted by Crippen LogP contribution is 2.35. The second-order valence-electron chi connectivity index (χ2n) is 5.40. The Labute approximate surface area is 141 Å². The van der Waals surface area contributed by atoms with Crippen molar-refractivity contribution in [3.05, 3.63) is 28.2 Å². The molecule has 0 saturated heterocycles. The summed E-state index contributed by atoms with van der Waals surface area (Å²) in [6.45, 7) is 5.53. The average Bonchev–Trinajstić information content (AvgIpc) is 2.79. The number of halogens is 1. The fourth-order valence-electron chi connectivity index (χ4n) is 1.53. The molecule has 0 N–H and O–H groups in total. The molecule has 0 unspecified atom stereocenters. The summed E-state index contributed by atoms with van der Waals surface area (Å²) in [6.07, 6.45) is 3.09. The van der Waals surface area contributed by atoms with Crippen LogP contribution in [0.15, 0.2) is 24.5 Å². The fraction of sp³-hybridized carbons (Fsp3) is 0.357. The number of aromatic nitrogens is 2. The molecule has 0 aliphatic carbocycles. The van der Waals surface area contributed by atoms with Crippen LogP contribution in [0.5, 0.6) is 0 Å². The molecule has 0 radical (unpaired) electrons. The normalized spacial score (nSPS) is 11.3. The van der Waals surface area contributed by atoms with Gasteiger partial charge < -0.3 is 4.74 Å². The molecule has 2 aromatic heterocycles. The molecule has 2 rings (SSSR count). The predicted molar refractivity (Wildman–Crippen MR) is 92.7 cm³/mol. The number of hydrogen-bond acceptors (Lipinski definition) is 5. The van der Waals surface area contributed by atoms with E-state index < -0.39 is 5.60 Å². The van der Waals surface area contributed by atoms with Gasteiger partial charge in [-0.2, -0.15) is 0 Å². The van der Waals surface area contributed by atoms with Gasteiger partial charge in [0.2, 0.25) is 0 Å². The highest BCUT2D eigenvalue weighted by molar-refractivity contribution is 14.1. The maximum atomic E-state index is 12.1. The van der Waals surface area contributed by atoms with E-state index in [9.17, 15) is 4.79 Å². The molecule has 0 aliphatic rings. The van der Waals surface area contributed by atoms with E-state index in [0.29, 0.717) is 0 Å². The zero-order chi connectivity index (χ0) is 15.6. The summed E-state index contributed by atoms with van der Waals surface area (Å²) >= 11 is 3.56. The maximum Gasteiger partial charge on any atom is 0.415 e. The molecule has 0 spiro atoms. The van der Waals surface area contributed by atoms with Crippen LogP contribution < -0.4 is 4.90 Å². The maximum absolute atomic E-state index is 12.1. The van der Waals surface area contributed by atoms with E-state index in [1.54, 1.807) is 19.4 Å². The number of rotatable bonds is 2. The van der Waals surface area contributed by atoms with E-state index in [1.807, 2.05) is 32.9 Å². The zero-order valence-electron chi connectivity index (χ0n) is 12.3. The van der Waals surface area contributed by atoms with Crippen molar-refractivity contribution in [3.8, 4) is 10.6 Å². The van der Waals surface area contributed by atoms with Crippen LogP contribution in [0.1, 0.15) is 20.8 Å². The molecule has 5 nitrogen and oxygen atoms in total. The molecule has 21 heavy (non-hydrogen) atoms. The molecular formula is C14H16IN3O2S. The number of amides is 1. The second kappa shape index (κ2) is 6.27. The molecular weight excluding hydrogens is 401 g/mol. The molecule has 0 aromatic carbocycles. The third-order valence-electron chi connectivity index (χ3n) is 2.45. The lowest BCUT2D eigenvalue weighted by Crippen LogP contribution is -2.34. The molecule has 0 atom stereocenters. The average molecular weight is 417 g/mol. The summed E-state index contributed by atoms with van der Waals surface area (Å²) in [7, 11) is 1.69.